The lowest BCUT2D eigenvalue weighted by atomic mass is 9.96. The number of rotatable bonds is 6. The molecule has 0 aromatic heterocycles. The predicted molar refractivity (Wildman–Crippen MR) is 70.2 cm³/mol. The molecular formula is C14H20F4N2. The van der Waals surface area contributed by atoms with Crippen molar-refractivity contribution in [2.75, 3.05) is 0 Å². The van der Waals surface area contributed by atoms with Crippen molar-refractivity contribution in [2.24, 2.45) is 11.8 Å². The van der Waals surface area contributed by atoms with Crippen LogP contribution in [0, 0.1) is 11.7 Å². The van der Waals surface area contributed by atoms with Crippen LogP contribution < -0.4 is 11.3 Å². The number of nitrogens with one attached hydrogen (secondary N) is 1. The summed E-state index contributed by atoms with van der Waals surface area (Å²) < 4.78 is 52.0. The maximum absolute atomic E-state index is 14.0. The van der Waals surface area contributed by atoms with E-state index in [0.29, 0.717) is 12.3 Å². The fraction of sp³-hybridized carbons (Fsp3) is 0.571. The van der Waals surface area contributed by atoms with Crippen LogP contribution in [0.15, 0.2) is 18.2 Å². The minimum atomic E-state index is -4.70. The normalized spacial score (nSPS) is 13.8. The fourth-order valence-electron chi connectivity index (χ4n) is 2.10. The van der Waals surface area contributed by atoms with E-state index < -0.39 is 23.6 Å². The molecule has 0 saturated carbocycles. The molecule has 0 bridgehead atoms. The molecule has 0 aliphatic rings. The van der Waals surface area contributed by atoms with Gasteiger partial charge < -0.3 is 0 Å². The maximum Gasteiger partial charge on any atom is 0.419 e. The number of alkyl halides is 3. The van der Waals surface area contributed by atoms with E-state index >= 15 is 0 Å². The van der Waals surface area contributed by atoms with Gasteiger partial charge in [-0.15, -0.1) is 0 Å². The van der Waals surface area contributed by atoms with Crippen molar-refractivity contribution in [1.29, 1.82) is 0 Å². The van der Waals surface area contributed by atoms with Gasteiger partial charge in [0, 0.05) is 11.6 Å². The lowest BCUT2D eigenvalue weighted by molar-refractivity contribution is -0.140. The summed E-state index contributed by atoms with van der Waals surface area (Å²) in [5.41, 5.74) is 1.12. The molecule has 0 aliphatic carbocycles. The van der Waals surface area contributed by atoms with Crippen molar-refractivity contribution in [3.05, 3.63) is 35.1 Å². The summed E-state index contributed by atoms with van der Waals surface area (Å²) >= 11 is 0. The molecule has 3 N–H and O–H groups in total. The third-order valence-electron chi connectivity index (χ3n) is 3.18. The minimum Gasteiger partial charge on any atom is -0.271 e. The van der Waals surface area contributed by atoms with Gasteiger partial charge in [0.1, 0.15) is 5.82 Å². The van der Waals surface area contributed by atoms with E-state index in [0.717, 1.165) is 18.9 Å². The molecule has 1 atom stereocenters. The molecule has 0 spiro atoms. The van der Waals surface area contributed by atoms with Gasteiger partial charge in [-0.2, -0.15) is 13.2 Å². The summed E-state index contributed by atoms with van der Waals surface area (Å²) in [6.07, 6.45) is -2.52. The van der Waals surface area contributed by atoms with Gasteiger partial charge in [0.25, 0.3) is 0 Å². The summed E-state index contributed by atoms with van der Waals surface area (Å²) in [6.45, 7) is 4.10. The van der Waals surface area contributed by atoms with Crippen molar-refractivity contribution in [3.8, 4) is 0 Å². The third kappa shape index (κ3) is 4.45. The Morgan fingerprint density at radius 3 is 2.35 bits per heavy atom. The van der Waals surface area contributed by atoms with Crippen molar-refractivity contribution < 1.29 is 17.6 Å². The molecule has 114 valence electrons. The summed E-state index contributed by atoms with van der Waals surface area (Å²) in [5, 5.41) is 0. The monoisotopic (exact) mass is 292 g/mol. The van der Waals surface area contributed by atoms with E-state index in [1.54, 1.807) is 0 Å². The van der Waals surface area contributed by atoms with Crippen LogP contribution >= 0.6 is 0 Å². The van der Waals surface area contributed by atoms with Gasteiger partial charge in [-0.05, 0) is 18.4 Å². The van der Waals surface area contributed by atoms with Crippen LogP contribution in [0.2, 0.25) is 0 Å². The van der Waals surface area contributed by atoms with Crippen molar-refractivity contribution in [3.63, 3.8) is 0 Å². The highest BCUT2D eigenvalue weighted by atomic mass is 19.4. The van der Waals surface area contributed by atoms with Crippen LogP contribution in [-0.2, 0) is 6.18 Å². The molecule has 0 heterocycles. The zero-order chi connectivity index (χ0) is 15.3. The van der Waals surface area contributed by atoms with Crippen LogP contribution in [0.4, 0.5) is 17.6 Å². The summed E-state index contributed by atoms with van der Waals surface area (Å²) in [6, 6.07) is 2.66. The Kier molecular flexibility index (Phi) is 5.95. The van der Waals surface area contributed by atoms with E-state index in [-0.39, 0.29) is 5.56 Å². The largest absolute Gasteiger partial charge is 0.419 e. The Balaban J connectivity index is 2.93. The van der Waals surface area contributed by atoms with E-state index in [2.05, 4.69) is 19.3 Å². The van der Waals surface area contributed by atoms with Gasteiger partial charge in [-0.25, -0.2) is 4.39 Å². The molecule has 1 aromatic carbocycles. The standard InChI is InChI=1S/C14H20F4N2/c1-9(2)5-3-8-12(20-19)10-6-4-7-11(13(10)15)14(16,17)18/h4,6-7,9,12,20H,3,5,8,19H2,1-2H3. The number of hydrogen-bond acceptors (Lipinski definition) is 2. The Labute approximate surface area is 116 Å². The van der Waals surface area contributed by atoms with Crippen LogP contribution in [0.25, 0.3) is 0 Å². The van der Waals surface area contributed by atoms with Gasteiger partial charge in [0.05, 0.1) is 5.56 Å². The number of halogens is 4. The molecule has 0 fully saturated rings. The molecule has 1 rings (SSSR count). The average molecular weight is 292 g/mol. The Morgan fingerprint density at radius 1 is 1.20 bits per heavy atom. The quantitative estimate of drug-likeness (QED) is 0.469. The molecule has 0 radical (unpaired) electrons. The van der Waals surface area contributed by atoms with Crippen LogP contribution in [-0.4, -0.2) is 0 Å². The van der Waals surface area contributed by atoms with Gasteiger partial charge in [-0.1, -0.05) is 38.8 Å². The molecule has 0 amide bonds. The number of benzene rings is 1. The summed E-state index contributed by atoms with van der Waals surface area (Å²) in [5.74, 6) is 4.59. The van der Waals surface area contributed by atoms with Crippen LogP contribution in [0.1, 0.15) is 50.3 Å². The highest BCUT2D eigenvalue weighted by Crippen LogP contribution is 2.34. The molecule has 0 aliphatic heterocycles. The number of nitrogens with two attached hydrogens (primary N) is 1. The topological polar surface area (TPSA) is 38.0 Å². The van der Waals surface area contributed by atoms with Crippen molar-refractivity contribution in [1.82, 2.24) is 5.43 Å². The van der Waals surface area contributed by atoms with E-state index in [1.165, 1.54) is 12.1 Å². The highest BCUT2D eigenvalue weighted by Gasteiger charge is 2.35. The van der Waals surface area contributed by atoms with Gasteiger partial charge in [0.15, 0.2) is 0 Å². The molecule has 2 nitrogen and oxygen atoms in total. The zero-order valence-corrected chi connectivity index (χ0v) is 11.6. The lowest BCUT2D eigenvalue weighted by Gasteiger charge is -2.19. The Bertz CT molecular complexity index is 430. The van der Waals surface area contributed by atoms with Gasteiger partial charge in [0.2, 0.25) is 0 Å². The van der Waals surface area contributed by atoms with Gasteiger partial charge >= 0.3 is 6.18 Å². The second-order valence-corrected chi connectivity index (χ2v) is 5.25. The second kappa shape index (κ2) is 7.04. The van der Waals surface area contributed by atoms with Crippen LogP contribution in [0.3, 0.4) is 0 Å². The molecule has 0 saturated heterocycles. The van der Waals surface area contributed by atoms with E-state index in [9.17, 15) is 17.6 Å². The van der Waals surface area contributed by atoms with Gasteiger partial charge in [-0.3, -0.25) is 11.3 Å². The van der Waals surface area contributed by atoms with Crippen molar-refractivity contribution >= 4 is 0 Å². The first-order chi connectivity index (χ1) is 9.27. The predicted octanol–water partition coefficient (Wildman–Crippen LogP) is 4.18. The first-order valence-electron chi connectivity index (χ1n) is 6.59. The van der Waals surface area contributed by atoms with Crippen LogP contribution in [0.5, 0.6) is 0 Å². The molecule has 20 heavy (non-hydrogen) atoms. The summed E-state index contributed by atoms with van der Waals surface area (Å²) in [7, 11) is 0. The molecule has 1 aromatic rings. The minimum absolute atomic E-state index is 0.0360. The average Bonchev–Trinajstić information content (AvgIpc) is 2.34. The Morgan fingerprint density at radius 2 is 1.85 bits per heavy atom. The highest BCUT2D eigenvalue weighted by molar-refractivity contribution is 5.30. The zero-order valence-electron chi connectivity index (χ0n) is 11.6. The summed E-state index contributed by atoms with van der Waals surface area (Å²) in [4.78, 5) is 0. The fourth-order valence-corrected chi connectivity index (χ4v) is 2.10. The maximum atomic E-state index is 14.0. The number of hydrogen-bond donors (Lipinski definition) is 2. The molecular weight excluding hydrogens is 272 g/mol. The molecule has 1 unspecified atom stereocenters. The Hall–Kier alpha value is -1.14. The van der Waals surface area contributed by atoms with E-state index in [1.807, 2.05) is 0 Å². The lowest BCUT2D eigenvalue weighted by Crippen LogP contribution is -2.29. The van der Waals surface area contributed by atoms with E-state index in [4.69, 9.17) is 5.84 Å². The van der Waals surface area contributed by atoms with Crippen molar-refractivity contribution in [2.45, 2.75) is 45.3 Å². The SMILES string of the molecule is CC(C)CCCC(NN)c1cccc(C(F)(F)F)c1F. The first-order valence-corrected chi connectivity index (χ1v) is 6.59. The third-order valence-corrected chi connectivity index (χ3v) is 3.18. The smallest absolute Gasteiger partial charge is 0.271 e. The number of hydrazine groups is 1. The molecule has 6 heteroatoms. The first kappa shape index (κ1) is 16.9. The second-order valence-electron chi connectivity index (χ2n) is 5.25.